The van der Waals surface area contributed by atoms with E-state index in [0.29, 0.717) is 0 Å². The summed E-state index contributed by atoms with van der Waals surface area (Å²) in [5, 5.41) is 0. The number of nitrogens with zero attached hydrogens (tertiary/aromatic N) is 2. The minimum Gasteiger partial charge on any atom is -0.458 e. The smallest absolute Gasteiger partial charge is 0.261 e. The number of benzene rings is 11. The van der Waals surface area contributed by atoms with Gasteiger partial charge in [-0.2, -0.15) is 0 Å². The van der Waals surface area contributed by atoms with Gasteiger partial charge in [0.05, 0.1) is 16.9 Å². The highest BCUT2D eigenvalue weighted by Crippen LogP contribution is 2.51. The first kappa shape index (κ1) is 42.1. The van der Waals surface area contributed by atoms with E-state index in [-0.39, 0.29) is 13.4 Å². The van der Waals surface area contributed by atoms with Crippen LogP contribution in [-0.2, 0) is 0 Å². The molecule has 4 aliphatic rings. The predicted octanol–water partition coefficient (Wildman–Crippen LogP) is 13.4. The predicted molar refractivity (Wildman–Crippen MR) is 302 cm³/mol. The lowest BCUT2D eigenvalue weighted by molar-refractivity contribution is 0.454. The number of para-hydroxylation sites is 6. The molecular formula is C66H42B2N2O4. The van der Waals surface area contributed by atoms with Crippen molar-refractivity contribution >= 4 is 80.3 Å². The second-order valence-electron chi connectivity index (χ2n) is 19.0. The van der Waals surface area contributed by atoms with Crippen molar-refractivity contribution in [2.45, 2.75) is 0 Å². The van der Waals surface area contributed by atoms with Crippen molar-refractivity contribution in [3.63, 3.8) is 0 Å². The number of hydrogen-bond donors (Lipinski definition) is 0. The molecule has 0 spiro atoms. The zero-order chi connectivity index (χ0) is 48.7. The molecule has 0 saturated heterocycles. The van der Waals surface area contributed by atoms with Gasteiger partial charge in [0.2, 0.25) is 0 Å². The fourth-order valence-corrected chi connectivity index (χ4v) is 11.8. The molecular weight excluding hydrogens is 906 g/mol. The second kappa shape index (κ2) is 17.0. The Morgan fingerprint density at radius 2 is 0.541 bits per heavy atom. The zero-order valence-electron chi connectivity index (χ0n) is 39.9. The molecule has 346 valence electrons. The first-order valence-electron chi connectivity index (χ1n) is 25.1. The lowest BCUT2D eigenvalue weighted by atomic mass is 9.30. The topological polar surface area (TPSA) is 43.4 Å². The number of fused-ring (bicyclic) bond motifs is 8. The van der Waals surface area contributed by atoms with Crippen LogP contribution >= 0.6 is 0 Å². The normalized spacial score (nSPS) is 12.7. The molecule has 4 heterocycles. The van der Waals surface area contributed by atoms with Gasteiger partial charge in [0.1, 0.15) is 46.0 Å². The summed E-state index contributed by atoms with van der Waals surface area (Å²) in [7, 11) is 0. The summed E-state index contributed by atoms with van der Waals surface area (Å²) in [4.78, 5) is 4.53. The summed E-state index contributed by atoms with van der Waals surface area (Å²) < 4.78 is 29.6. The number of ether oxygens (including phenoxy) is 4. The van der Waals surface area contributed by atoms with Crippen molar-refractivity contribution in [1.82, 2.24) is 0 Å². The Bertz CT molecular complexity index is 3680. The van der Waals surface area contributed by atoms with Crippen LogP contribution < -0.4 is 61.5 Å². The van der Waals surface area contributed by atoms with Crippen molar-refractivity contribution in [3.8, 4) is 68.2 Å². The van der Waals surface area contributed by atoms with Crippen LogP contribution in [0.25, 0.3) is 22.3 Å². The SMILES string of the molecule is c1ccc(-c2c3c(c(-c4ccccc4)c4c2Oc2cc(N(c5ccccc5)c5ccccc5)cc5c2B4c2ccccc2O5)B2c4ccccc4Oc4cc(N(c5ccccc5)c5ccccc5)cc(c42)O3)cc1. The Hall–Kier alpha value is -9.65. The Morgan fingerprint density at radius 3 is 0.905 bits per heavy atom. The van der Waals surface area contributed by atoms with Crippen molar-refractivity contribution < 1.29 is 18.9 Å². The van der Waals surface area contributed by atoms with Gasteiger partial charge in [0.15, 0.2) is 0 Å². The molecule has 74 heavy (non-hydrogen) atoms. The van der Waals surface area contributed by atoms with E-state index in [1.54, 1.807) is 0 Å². The third-order valence-corrected chi connectivity index (χ3v) is 14.8. The van der Waals surface area contributed by atoms with Gasteiger partial charge in [-0.25, -0.2) is 0 Å². The van der Waals surface area contributed by atoms with Crippen LogP contribution in [-0.4, -0.2) is 13.4 Å². The summed E-state index contributed by atoms with van der Waals surface area (Å²) in [5.41, 5.74) is 16.1. The molecule has 11 aromatic rings. The van der Waals surface area contributed by atoms with Crippen LogP contribution in [0.3, 0.4) is 0 Å². The van der Waals surface area contributed by atoms with E-state index in [9.17, 15) is 0 Å². The van der Waals surface area contributed by atoms with Crippen LogP contribution in [0.1, 0.15) is 0 Å². The minimum atomic E-state index is -0.295. The molecule has 4 aliphatic heterocycles. The van der Waals surface area contributed by atoms with Crippen LogP contribution in [0, 0.1) is 0 Å². The molecule has 0 aromatic heterocycles. The molecule has 0 atom stereocenters. The van der Waals surface area contributed by atoms with Crippen molar-refractivity contribution in [2.75, 3.05) is 9.80 Å². The first-order valence-corrected chi connectivity index (χ1v) is 25.1. The van der Waals surface area contributed by atoms with Gasteiger partial charge in [0.25, 0.3) is 13.4 Å². The van der Waals surface area contributed by atoms with Crippen LogP contribution in [0.5, 0.6) is 46.0 Å². The van der Waals surface area contributed by atoms with Crippen LogP contribution in [0.15, 0.2) is 255 Å². The molecule has 0 amide bonds. The molecule has 0 radical (unpaired) electrons. The van der Waals surface area contributed by atoms with Gasteiger partial charge in [0, 0.05) is 57.9 Å². The fraction of sp³-hybridized carbons (Fsp3) is 0. The number of hydrogen-bond acceptors (Lipinski definition) is 6. The summed E-state index contributed by atoms with van der Waals surface area (Å²) in [5.74, 6) is 6.03. The van der Waals surface area contributed by atoms with Gasteiger partial charge < -0.3 is 28.7 Å². The molecule has 0 unspecified atom stereocenters. The molecule has 0 fully saturated rings. The highest BCUT2D eigenvalue weighted by atomic mass is 16.5. The third-order valence-electron chi connectivity index (χ3n) is 14.8. The Labute approximate surface area is 430 Å². The van der Waals surface area contributed by atoms with E-state index >= 15 is 0 Å². The zero-order valence-corrected chi connectivity index (χ0v) is 39.9. The standard InChI is InChI=1S/C66H42B2N2O4/c1-7-23-43(24-8-1)59-63-65(73-57-41-49(39-55-61(57)67(63)51-35-19-21-37-53(51)71-55)69(45-27-11-3-12-28-45)46-29-13-4-14-30-46)60(44-25-9-2-10-26-44)66-64(59)68-52-36-20-22-38-54(52)72-56-40-50(42-58(74-66)62(56)68)70(47-31-15-5-16-32-47)48-33-17-6-18-34-48/h1-42H. The van der Waals surface area contributed by atoms with E-state index in [0.717, 1.165) is 135 Å². The lowest BCUT2D eigenvalue weighted by Gasteiger charge is -2.41. The number of rotatable bonds is 8. The molecule has 6 nitrogen and oxygen atoms in total. The van der Waals surface area contributed by atoms with Gasteiger partial charge in [-0.05, 0) is 99.2 Å². The van der Waals surface area contributed by atoms with Gasteiger partial charge in [-0.3, -0.25) is 0 Å². The lowest BCUT2D eigenvalue weighted by Crippen LogP contribution is -2.63. The number of anilines is 6. The summed E-state index contributed by atoms with van der Waals surface area (Å²) in [6.07, 6.45) is 0. The van der Waals surface area contributed by atoms with Crippen LogP contribution in [0.2, 0.25) is 0 Å². The molecule has 15 rings (SSSR count). The fourth-order valence-electron chi connectivity index (χ4n) is 11.8. The minimum absolute atomic E-state index is 0.295. The largest absolute Gasteiger partial charge is 0.458 e. The third kappa shape index (κ3) is 6.62. The summed E-state index contributed by atoms with van der Waals surface area (Å²) >= 11 is 0. The van der Waals surface area contributed by atoms with Crippen LogP contribution in [0.4, 0.5) is 34.1 Å². The molecule has 0 aliphatic carbocycles. The van der Waals surface area contributed by atoms with Crippen molar-refractivity contribution in [2.24, 2.45) is 0 Å². The Balaban J connectivity index is 1.05. The highest BCUT2D eigenvalue weighted by molar-refractivity contribution is 7.02. The van der Waals surface area contributed by atoms with E-state index in [1.807, 2.05) is 24.3 Å². The Kier molecular flexibility index (Phi) is 9.67. The summed E-state index contributed by atoms with van der Waals surface area (Å²) in [6, 6.07) is 89.0. The molecule has 0 bridgehead atoms. The Morgan fingerprint density at radius 1 is 0.243 bits per heavy atom. The molecule has 11 aromatic carbocycles. The van der Waals surface area contributed by atoms with Crippen molar-refractivity contribution in [3.05, 3.63) is 255 Å². The average Bonchev–Trinajstić information content (AvgIpc) is 3.48. The summed E-state index contributed by atoms with van der Waals surface area (Å²) in [6.45, 7) is -0.590. The van der Waals surface area contributed by atoms with E-state index in [4.69, 9.17) is 18.9 Å². The van der Waals surface area contributed by atoms with E-state index in [1.165, 1.54) is 0 Å². The average molecular weight is 949 g/mol. The van der Waals surface area contributed by atoms with Gasteiger partial charge >= 0.3 is 0 Å². The maximum absolute atomic E-state index is 7.74. The van der Waals surface area contributed by atoms with Gasteiger partial charge in [-0.15, -0.1) is 0 Å². The monoisotopic (exact) mass is 948 g/mol. The van der Waals surface area contributed by atoms with Gasteiger partial charge in [-0.1, -0.05) is 170 Å². The first-order chi connectivity index (χ1) is 36.7. The van der Waals surface area contributed by atoms with E-state index in [2.05, 4.69) is 240 Å². The maximum atomic E-state index is 7.74. The highest BCUT2D eigenvalue weighted by Gasteiger charge is 2.50. The molecule has 0 N–H and O–H groups in total. The maximum Gasteiger partial charge on any atom is 0.261 e. The quantitative estimate of drug-likeness (QED) is 0.141. The molecule has 8 heteroatoms. The van der Waals surface area contributed by atoms with E-state index < -0.39 is 0 Å². The molecule has 0 saturated carbocycles. The second-order valence-corrected chi connectivity index (χ2v) is 19.0. The van der Waals surface area contributed by atoms with Crippen molar-refractivity contribution in [1.29, 1.82) is 0 Å².